The van der Waals surface area contributed by atoms with Gasteiger partial charge in [0.1, 0.15) is 0 Å². The molecule has 13 heavy (non-hydrogen) atoms. The fourth-order valence-electron chi connectivity index (χ4n) is 1.23. The Balaban J connectivity index is 2.29. The third-order valence-corrected chi connectivity index (χ3v) is 2.40. The third kappa shape index (κ3) is 1.97. The van der Waals surface area contributed by atoms with Crippen LogP contribution >= 0.6 is 23.2 Å². The topological polar surface area (TPSA) is 18.5 Å². The molecule has 0 bridgehead atoms. The zero-order valence-corrected chi connectivity index (χ0v) is 8.31. The summed E-state index contributed by atoms with van der Waals surface area (Å²) < 4.78 is 10.6. The normalized spacial score (nSPS) is 18.0. The Hall–Kier alpha value is -0.280. The largest absolute Gasteiger partial charge is 0.346 e. The van der Waals surface area contributed by atoms with Crippen molar-refractivity contribution in [1.29, 1.82) is 0 Å². The van der Waals surface area contributed by atoms with E-state index in [-0.39, 0.29) is 6.29 Å². The molecule has 1 aromatic carbocycles. The standard InChI is InChI=1S/C9H8Cl2O2/c10-6-1-2-7(8(11)5-6)9-12-3-4-13-9/h1-2,5,9H,3-4H2. The highest BCUT2D eigenvalue weighted by molar-refractivity contribution is 6.35. The average Bonchev–Trinajstić information content (AvgIpc) is 2.56. The summed E-state index contributed by atoms with van der Waals surface area (Å²) in [4.78, 5) is 0. The summed E-state index contributed by atoms with van der Waals surface area (Å²) >= 11 is 11.7. The number of hydrogen-bond acceptors (Lipinski definition) is 2. The summed E-state index contributed by atoms with van der Waals surface area (Å²) in [6.45, 7) is 1.23. The maximum Gasteiger partial charge on any atom is 0.185 e. The Labute approximate surface area is 86.4 Å². The second kappa shape index (κ2) is 3.84. The first-order valence-electron chi connectivity index (χ1n) is 3.95. The molecule has 1 fully saturated rings. The predicted octanol–water partition coefficient (Wildman–Crippen LogP) is 3.04. The molecule has 0 amide bonds. The van der Waals surface area contributed by atoms with Gasteiger partial charge in [0.15, 0.2) is 6.29 Å². The number of ether oxygens (including phenoxy) is 2. The average molecular weight is 219 g/mol. The van der Waals surface area contributed by atoms with Crippen LogP contribution in [0.1, 0.15) is 11.9 Å². The lowest BCUT2D eigenvalue weighted by Gasteiger charge is -2.10. The zero-order chi connectivity index (χ0) is 9.26. The first-order chi connectivity index (χ1) is 6.27. The van der Waals surface area contributed by atoms with Gasteiger partial charge in [0.2, 0.25) is 0 Å². The smallest absolute Gasteiger partial charge is 0.185 e. The molecular weight excluding hydrogens is 211 g/mol. The minimum absolute atomic E-state index is 0.329. The monoisotopic (exact) mass is 218 g/mol. The Kier molecular flexibility index (Phi) is 2.74. The van der Waals surface area contributed by atoms with Crippen molar-refractivity contribution < 1.29 is 9.47 Å². The van der Waals surface area contributed by atoms with Crippen LogP contribution in [0.4, 0.5) is 0 Å². The Morgan fingerprint density at radius 1 is 1.15 bits per heavy atom. The molecule has 1 saturated heterocycles. The SMILES string of the molecule is Clc1ccc(C2OCCO2)c(Cl)c1. The van der Waals surface area contributed by atoms with E-state index in [4.69, 9.17) is 32.7 Å². The highest BCUT2D eigenvalue weighted by atomic mass is 35.5. The van der Waals surface area contributed by atoms with E-state index in [0.717, 1.165) is 5.56 Å². The van der Waals surface area contributed by atoms with Gasteiger partial charge in [0.05, 0.1) is 18.2 Å². The van der Waals surface area contributed by atoms with E-state index in [9.17, 15) is 0 Å². The van der Waals surface area contributed by atoms with Gasteiger partial charge in [-0.1, -0.05) is 29.3 Å². The zero-order valence-electron chi connectivity index (χ0n) is 6.80. The lowest BCUT2D eigenvalue weighted by Crippen LogP contribution is -1.98. The van der Waals surface area contributed by atoms with Crippen molar-refractivity contribution >= 4 is 23.2 Å². The van der Waals surface area contributed by atoms with Gasteiger partial charge in [0.25, 0.3) is 0 Å². The van der Waals surface area contributed by atoms with Crippen LogP contribution in [0.3, 0.4) is 0 Å². The second-order valence-electron chi connectivity index (χ2n) is 2.74. The van der Waals surface area contributed by atoms with E-state index in [1.807, 2.05) is 6.07 Å². The molecule has 0 atom stereocenters. The number of hydrogen-bond donors (Lipinski definition) is 0. The first kappa shape index (κ1) is 9.28. The van der Waals surface area contributed by atoms with Crippen LogP contribution in [-0.2, 0) is 9.47 Å². The molecule has 0 saturated carbocycles. The van der Waals surface area contributed by atoms with Gasteiger partial charge >= 0.3 is 0 Å². The lowest BCUT2D eigenvalue weighted by molar-refractivity contribution is -0.0440. The molecule has 0 radical (unpaired) electrons. The van der Waals surface area contributed by atoms with Crippen LogP contribution < -0.4 is 0 Å². The summed E-state index contributed by atoms with van der Waals surface area (Å²) in [5, 5.41) is 1.20. The molecule has 4 heteroatoms. The Morgan fingerprint density at radius 3 is 2.46 bits per heavy atom. The van der Waals surface area contributed by atoms with Gasteiger partial charge < -0.3 is 9.47 Å². The molecule has 70 valence electrons. The van der Waals surface area contributed by atoms with Gasteiger partial charge in [-0.15, -0.1) is 0 Å². The molecule has 1 aliphatic rings. The van der Waals surface area contributed by atoms with E-state index in [0.29, 0.717) is 23.3 Å². The van der Waals surface area contributed by atoms with Crippen LogP contribution in [0.25, 0.3) is 0 Å². The third-order valence-electron chi connectivity index (χ3n) is 1.84. The summed E-state index contributed by atoms with van der Waals surface area (Å²) in [6.07, 6.45) is -0.329. The van der Waals surface area contributed by atoms with E-state index < -0.39 is 0 Å². The van der Waals surface area contributed by atoms with Gasteiger partial charge in [-0.25, -0.2) is 0 Å². The van der Waals surface area contributed by atoms with Crippen molar-refractivity contribution in [3.8, 4) is 0 Å². The van der Waals surface area contributed by atoms with Crippen molar-refractivity contribution in [2.75, 3.05) is 13.2 Å². The van der Waals surface area contributed by atoms with Crippen LogP contribution in [0, 0.1) is 0 Å². The highest BCUT2D eigenvalue weighted by Gasteiger charge is 2.20. The second-order valence-corrected chi connectivity index (χ2v) is 3.58. The Bertz CT molecular complexity index is 308. The van der Waals surface area contributed by atoms with Gasteiger partial charge in [-0.3, -0.25) is 0 Å². The van der Waals surface area contributed by atoms with Crippen molar-refractivity contribution in [1.82, 2.24) is 0 Å². The van der Waals surface area contributed by atoms with Crippen LogP contribution in [0.15, 0.2) is 18.2 Å². The van der Waals surface area contributed by atoms with Gasteiger partial charge in [-0.2, -0.15) is 0 Å². The molecule has 1 aromatic rings. The minimum Gasteiger partial charge on any atom is -0.346 e. The summed E-state index contributed by atoms with van der Waals surface area (Å²) in [5.74, 6) is 0. The molecule has 0 aliphatic carbocycles. The lowest BCUT2D eigenvalue weighted by atomic mass is 10.2. The van der Waals surface area contributed by atoms with E-state index in [2.05, 4.69) is 0 Å². The van der Waals surface area contributed by atoms with Crippen LogP contribution in [0.5, 0.6) is 0 Å². The quantitative estimate of drug-likeness (QED) is 0.722. The number of benzene rings is 1. The van der Waals surface area contributed by atoms with Gasteiger partial charge in [-0.05, 0) is 12.1 Å². The van der Waals surface area contributed by atoms with Crippen molar-refractivity contribution in [3.05, 3.63) is 33.8 Å². The fourth-order valence-corrected chi connectivity index (χ4v) is 1.73. The molecule has 2 nitrogen and oxygen atoms in total. The predicted molar refractivity (Wildman–Crippen MR) is 51.1 cm³/mol. The van der Waals surface area contributed by atoms with Crippen LogP contribution in [-0.4, -0.2) is 13.2 Å². The maximum absolute atomic E-state index is 5.97. The number of rotatable bonds is 1. The molecule has 0 N–H and O–H groups in total. The molecule has 0 spiro atoms. The first-order valence-corrected chi connectivity index (χ1v) is 4.71. The summed E-state index contributed by atoms with van der Waals surface area (Å²) in [6, 6.07) is 5.28. The molecule has 1 aliphatic heterocycles. The van der Waals surface area contributed by atoms with Crippen molar-refractivity contribution in [3.63, 3.8) is 0 Å². The number of halogens is 2. The molecule has 0 unspecified atom stereocenters. The van der Waals surface area contributed by atoms with Crippen molar-refractivity contribution in [2.24, 2.45) is 0 Å². The van der Waals surface area contributed by atoms with Crippen LogP contribution in [0.2, 0.25) is 10.0 Å². The Morgan fingerprint density at radius 2 is 1.85 bits per heavy atom. The van der Waals surface area contributed by atoms with E-state index in [1.165, 1.54) is 0 Å². The van der Waals surface area contributed by atoms with E-state index in [1.54, 1.807) is 12.1 Å². The summed E-state index contributed by atoms with van der Waals surface area (Å²) in [5.41, 5.74) is 0.837. The van der Waals surface area contributed by atoms with E-state index >= 15 is 0 Å². The molecule has 1 heterocycles. The molecular formula is C9H8Cl2O2. The molecule has 0 aromatic heterocycles. The fraction of sp³-hybridized carbons (Fsp3) is 0.333. The molecule has 2 rings (SSSR count). The highest BCUT2D eigenvalue weighted by Crippen LogP contribution is 2.31. The van der Waals surface area contributed by atoms with Crippen molar-refractivity contribution in [2.45, 2.75) is 6.29 Å². The maximum atomic E-state index is 5.97. The summed E-state index contributed by atoms with van der Waals surface area (Å²) in [7, 11) is 0. The minimum atomic E-state index is -0.329. The van der Waals surface area contributed by atoms with Gasteiger partial charge in [0, 0.05) is 10.6 Å².